The van der Waals surface area contributed by atoms with Gasteiger partial charge in [0.05, 0.1) is 0 Å². The lowest BCUT2D eigenvalue weighted by atomic mass is 9.96. The summed E-state index contributed by atoms with van der Waals surface area (Å²) in [6, 6.07) is 5.25. The first kappa shape index (κ1) is 15.0. The van der Waals surface area contributed by atoms with Gasteiger partial charge in [-0.25, -0.2) is 4.39 Å². The second-order valence-corrected chi connectivity index (χ2v) is 6.01. The number of rotatable bonds is 5. The molecule has 0 saturated carbocycles. The molecule has 0 saturated heterocycles. The van der Waals surface area contributed by atoms with E-state index in [9.17, 15) is 4.39 Å². The summed E-state index contributed by atoms with van der Waals surface area (Å²) in [5, 5.41) is 3.22. The van der Waals surface area contributed by atoms with Crippen molar-refractivity contribution in [3.05, 3.63) is 29.6 Å². The number of anilines is 1. The number of nitrogens with one attached hydrogen (secondary N) is 1. The molecule has 1 aromatic carbocycles. The van der Waals surface area contributed by atoms with Crippen LogP contribution in [-0.2, 0) is 6.54 Å². The van der Waals surface area contributed by atoms with Gasteiger partial charge in [0.25, 0.3) is 0 Å². The van der Waals surface area contributed by atoms with Gasteiger partial charge in [0.2, 0.25) is 0 Å². The highest BCUT2D eigenvalue weighted by atomic mass is 19.1. The van der Waals surface area contributed by atoms with E-state index in [0.29, 0.717) is 6.54 Å². The van der Waals surface area contributed by atoms with Gasteiger partial charge in [0.15, 0.2) is 0 Å². The van der Waals surface area contributed by atoms with Crippen molar-refractivity contribution in [2.75, 3.05) is 25.0 Å². The maximum absolute atomic E-state index is 13.6. The van der Waals surface area contributed by atoms with Crippen LogP contribution in [-0.4, -0.2) is 20.1 Å². The Labute approximate surface area is 110 Å². The van der Waals surface area contributed by atoms with Crippen molar-refractivity contribution in [1.29, 1.82) is 0 Å². The SMILES string of the molecule is CCNCc1cc(F)cc(N(C)CC(C)(C)C)c1. The monoisotopic (exact) mass is 252 g/mol. The van der Waals surface area contributed by atoms with Crippen LogP contribution in [0.25, 0.3) is 0 Å². The van der Waals surface area contributed by atoms with E-state index in [1.165, 1.54) is 0 Å². The smallest absolute Gasteiger partial charge is 0.125 e. The second kappa shape index (κ2) is 6.19. The standard InChI is InChI=1S/C15H25FN2/c1-6-17-10-12-7-13(16)9-14(8-12)18(5)11-15(2,3)4/h7-9,17H,6,10-11H2,1-5H3. The Morgan fingerprint density at radius 3 is 2.44 bits per heavy atom. The highest BCUT2D eigenvalue weighted by molar-refractivity contribution is 5.48. The topological polar surface area (TPSA) is 15.3 Å². The van der Waals surface area contributed by atoms with Crippen LogP contribution in [0.4, 0.5) is 10.1 Å². The molecule has 0 radical (unpaired) electrons. The third kappa shape index (κ3) is 5.05. The summed E-state index contributed by atoms with van der Waals surface area (Å²) >= 11 is 0. The first-order chi connectivity index (χ1) is 8.31. The maximum Gasteiger partial charge on any atom is 0.125 e. The first-order valence-corrected chi connectivity index (χ1v) is 6.53. The molecule has 0 fully saturated rings. The molecule has 3 heteroatoms. The van der Waals surface area contributed by atoms with Gasteiger partial charge in [-0.3, -0.25) is 0 Å². The molecule has 0 amide bonds. The van der Waals surface area contributed by atoms with Crippen molar-refractivity contribution >= 4 is 5.69 Å². The van der Waals surface area contributed by atoms with Gasteiger partial charge in [-0.15, -0.1) is 0 Å². The molecule has 102 valence electrons. The normalized spacial score (nSPS) is 11.7. The van der Waals surface area contributed by atoms with Gasteiger partial charge in [0.1, 0.15) is 5.82 Å². The molecule has 18 heavy (non-hydrogen) atoms. The minimum atomic E-state index is -0.166. The van der Waals surface area contributed by atoms with Crippen LogP contribution in [0, 0.1) is 11.2 Å². The maximum atomic E-state index is 13.6. The number of hydrogen-bond donors (Lipinski definition) is 1. The van der Waals surface area contributed by atoms with Crippen molar-refractivity contribution in [3.63, 3.8) is 0 Å². The zero-order valence-electron chi connectivity index (χ0n) is 12.2. The first-order valence-electron chi connectivity index (χ1n) is 6.53. The molecule has 0 spiro atoms. The molecule has 0 bridgehead atoms. The number of halogens is 1. The van der Waals surface area contributed by atoms with E-state index in [1.54, 1.807) is 12.1 Å². The van der Waals surface area contributed by atoms with Crippen LogP contribution in [0.2, 0.25) is 0 Å². The van der Waals surface area contributed by atoms with Crippen molar-refractivity contribution in [3.8, 4) is 0 Å². The minimum absolute atomic E-state index is 0.166. The molecular weight excluding hydrogens is 227 g/mol. The van der Waals surface area contributed by atoms with E-state index < -0.39 is 0 Å². The summed E-state index contributed by atoms with van der Waals surface area (Å²) in [5.41, 5.74) is 2.13. The van der Waals surface area contributed by atoms with Crippen LogP contribution < -0.4 is 10.2 Å². The van der Waals surface area contributed by atoms with Gasteiger partial charge in [-0.1, -0.05) is 27.7 Å². The fourth-order valence-corrected chi connectivity index (χ4v) is 2.03. The molecule has 0 aliphatic rings. The molecule has 0 atom stereocenters. The molecule has 1 aromatic rings. The van der Waals surface area contributed by atoms with Gasteiger partial charge in [-0.05, 0) is 35.7 Å². The lowest BCUT2D eigenvalue weighted by Gasteiger charge is -2.28. The van der Waals surface area contributed by atoms with E-state index in [-0.39, 0.29) is 11.2 Å². The predicted octanol–water partition coefficient (Wildman–Crippen LogP) is 3.42. The molecule has 2 nitrogen and oxygen atoms in total. The molecule has 1 N–H and O–H groups in total. The summed E-state index contributed by atoms with van der Waals surface area (Å²) < 4.78 is 13.6. The molecular formula is C15H25FN2. The zero-order valence-corrected chi connectivity index (χ0v) is 12.2. The van der Waals surface area contributed by atoms with Crippen LogP contribution >= 0.6 is 0 Å². The number of benzene rings is 1. The van der Waals surface area contributed by atoms with E-state index in [2.05, 4.69) is 37.1 Å². The minimum Gasteiger partial charge on any atom is -0.374 e. The van der Waals surface area contributed by atoms with Gasteiger partial charge in [-0.2, -0.15) is 0 Å². The third-order valence-corrected chi connectivity index (χ3v) is 2.67. The Morgan fingerprint density at radius 2 is 1.89 bits per heavy atom. The van der Waals surface area contributed by atoms with Crippen molar-refractivity contribution in [2.24, 2.45) is 5.41 Å². The van der Waals surface area contributed by atoms with E-state index >= 15 is 0 Å². The Morgan fingerprint density at radius 1 is 1.22 bits per heavy atom. The molecule has 1 rings (SSSR count). The van der Waals surface area contributed by atoms with Gasteiger partial charge >= 0.3 is 0 Å². The Bertz CT molecular complexity index is 383. The quantitative estimate of drug-likeness (QED) is 0.864. The van der Waals surface area contributed by atoms with Gasteiger partial charge in [0, 0.05) is 25.8 Å². The Kier molecular flexibility index (Phi) is 5.15. The summed E-state index contributed by atoms with van der Waals surface area (Å²) in [4.78, 5) is 2.11. The van der Waals surface area contributed by atoms with E-state index in [0.717, 1.165) is 24.3 Å². The third-order valence-electron chi connectivity index (χ3n) is 2.67. The average Bonchev–Trinajstić information content (AvgIpc) is 2.23. The number of nitrogens with zero attached hydrogens (tertiary/aromatic N) is 1. The summed E-state index contributed by atoms with van der Waals surface area (Å²) in [6.45, 7) is 11.1. The predicted molar refractivity (Wildman–Crippen MR) is 76.5 cm³/mol. The molecule has 0 heterocycles. The molecule has 0 aromatic heterocycles. The zero-order chi connectivity index (χ0) is 13.8. The highest BCUT2D eigenvalue weighted by Crippen LogP contribution is 2.22. The number of hydrogen-bond acceptors (Lipinski definition) is 2. The van der Waals surface area contributed by atoms with Crippen LogP contribution in [0.3, 0.4) is 0 Å². The van der Waals surface area contributed by atoms with Crippen molar-refractivity contribution in [1.82, 2.24) is 5.32 Å². The highest BCUT2D eigenvalue weighted by Gasteiger charge is 2.14. The van der Waals surface area contributed by atoms with E-state index in [1.807, 2.05) is 14.0 Å². The Hall–Kier alpha value is -1.09. The molecule has 0 aliphatic carbocycles. The van der Waals surface area contributed by atoms with Crippen LogP contribution in [0.15, 0.2) is 18.2 Å². The van der Waals surface area contributed by atoms with Crippen LogP contribution in [0.5, 0.6) is 0 Å². The van der Waals surface area contributed by atoms with Crippen LogP contribution in [0.1, 0.15) is 33.3 Å². The lowest BCUT2D eigenvalue weighted by Crippen LogP contribution is -2.29. The Balaban J connectivity index is 2.84. The van der Waals surface area contributed by atoms with E-state index in [4.69, 9.17) is 0 Å². The lowest BCUT2D eigenvalue weighted by molar-refractivity contribution is 0.418. The van der Waals surface area contributed by atoms with Crippen molar-refractivity contribution < 1.29 is 4.39 Å². The summed E-state index contributed by atoms with van der Waals surface area (Å²) in [5.74, 6) is -0.166. The fraction of sp³-hybridized carbons (Fsp3) is 0.600. The summed E-state index contributed by atoms with van der Waals surface area (Å²) in [7, 11) is 2.01. The summed E-state index contributed by atoms with van der Waals surface area (Å²) in [6.07, 6.45) is 0. The largest absolute Gasteiger partial charge is 0.374 e. The fourth-order valence-electron chi connectivity index (χ4n) is 2.03. The van der Waals surface area contributed by atoms with Crippen molar-refractivity contribution in [2.45, 2.75) is 34.2 Å². The molecule has 0 aliphatic heterocycles. The molecule has 0 unspecified atom stereocenters. The average molecular weight is 252 g/mol. The van der Waals surface area contributed by atoms with Gasteiger partial charge < -0.3 is 10.2 Å². The second-order valence-electron chi connectivity index (χ2n) is 6.01.